The van der Waals surface area contributed by atoms with Crippen molar-refractivity contribution < 1.29 is 15.0 Å². The zero-order chi connectivity index (χ0) is 19.7. The lowest BCUT2D eigenvalue weighted by Crippen LogP contribution is -2.32. The van der Waals surface area contributed by atoms with Crippen LogP contribution in [0.5, 0.6) is 5.75 Å². The van der Waals surface area contributed by atoms with Crippen molar-refractivity contribution in [2.24, 2.45) is 4.99 Å². The number of hydrogen-bond acceptors (Lipinski definition) is 10. The van der Waals surface area contributed by atoms with Crippen LogP contribution in [0.4, 0.5) is 17.3 Å². The SMILES string of the molecule is N#CNC1=NC(c2ccc(O)c(C(=O)O)c2)c2c(nc(N)c(C#N)c2N)N1. The maximum absolute atomic E-state index is 11.3. The number of guanidine groups is 1. The zero-order valence-corrected chi connectivity index (χ0v) is 13.6. The Labute approximate surface area is 152 Å². The van der Waals surface area contributed by atoms with Crippen LogP contribution < -0.4 is 22.1 Å². The number of fused-ring (bicyclic) bond motifs is 1. The molecule has 1 aromatic heterocycles. The first-order valence-corrected chi connectivity index (χ1v) is 7.42. The third kappa shape index (κ3) is 2.85. The standard InChI is InChI=1S/C16H12N8O3/c17-4-8-11(19)10-12(6-1-2-9(25)7(3-6)15(26)27)22-16(21-5-18)24-14(10)23-13(8)20/h1-3,12,25H,(H,26,27)(H6,19,20,21,22,23,24). The summed E-state index contributed by atoms with van der Waals surface area (Å²) < 4.78 is 0. The summed E-state index contributed by atoms with van der Waals surface area (Å²) in [6.07, 6.45) is 1.71. The van der Waals surface area contributed by atoms with Gasteiger partial charge in [0.25, 0.3) is 0 Å². The number of carbonyl (C=O) groups is 1. The van der Waals surface area contributed by atoms with Gasteiger partial charge >= 0.3 is 5.97 Å². The first kappa shape index (κ1) is 17.3. The van der Waals surface area contributed by atoms with E-state index in [-0.39, 0.29) is 34.4 Å². The number of carboxylic acid groups (broad SMARTS) is 1. The second kappa shape index (κ2) is 6.42. The molecular formula is C16H12N8O3. The van der Waals surface area contributed by atoms with E-state index >= 15 is 0 Å². The van der Waals surface area contributed by atoms with Crippen LogP contribution in [0.3, 0.4) is 0 Å². The van der Waals surface area contributed by atoms with E-state index in [0.717, 1.165) is 0 Å². The lowest BCUT2D eigenvalue weighted by atomic mass is 9.94. The van der Waals surface area contributed by atoms with E-state index in [0.29, 0.717) is 11.1 Å². The highest BCUT2D eigenvalue weighted by Crippen LogP contribution is 2.41. The fourth-order valence-electron chi connectivity index (χ4n) is 2.72. The van der Waals surface area contributed by atoms with Gasteiger partial charge in [-0.2, -0.15) is 10.5 Å². The summed E-state index contributed by atoms with van der Waals surface area (Å²) in [4.78, 5) is 19.7. The van der Waals surface area contributed by atoms with Gasteiger partial charge in [0.05, 0.1) is 5.69 Å². The van der Waals surface area contributed by atoms with Crippen molar-refractivity contribution in [3.05, 3.63) is 40.5 Å². The summed E-state index contributed by atoms with van der Waals surface area (Å²) in [5.41, 5.74) is 12.2. The highest BCUT2D eigenvalue weighted by Gasteiger charge is 2.30. The predicted molar refractivity (Wildman–Crippen MR) is 94.5 cm³/mol. The van der Waals surface area contributed by atoms with E-state index in [1.165, 1.54) is 18.2 Å². The van der Waals surface area contributed by atoms with Crippen molar-refractivity contribution in [3.8, 4) is 18.0 Å². The number of aromatic carboxylic acids is 1. The largest absolute Gasteiger partial charge is 0.507 e. The highest BCUT2D eigenvalue weighted by atomic mass is 16.4. The Morgan fingerprint density at radius 3 is 2.70 bits per heavy atom. The van der Waals surface area contributed by atoms with Crippen LogP contribution in [0.1, 0.15) is 33.1 Å². The van der Waals surface area contributed by atoms with E-state index in [1.807, 2.05) is 6.07 Å². The molecule has 11 nitrogen and oxygen atoms in total. The topological polar surface area (TPSA) is 206 Å². The Hall–Kier alpha value is -4.51. The molecule has 0 fully saturated rings. The van der Waals surface area contributed by atoms with Gasteiger partial charge in [-0.25, -0.2) is 14.8 Å². The fourth-order valence-corrected chi connectivity index (χ4v) is 2.72. The molecule has 1 aliphatic rings. The molecule has 0 bridgehead atoms. The molecular weight excluding hydrogens is 352 g/mol. The molecule has 27 heavy (non-hydrogen) atoms. The van der Waals surface area contributed by atoms with Crippen LogP contribution in [0, 0.1) is 22.8 Å². The average molecular weight is 364 g/mol. The predicted octanol–water partition coefficient (Wildman–Crippen LogP) is 0.463. The Balaban J connectivity index is 2.27. The number of nitrogens with two attached hydrogens (primary N) is 2. The summed E-state index contributed by atoms with van der Waals surface area (Å²) in [6, 6.07) is 4.87. The molecule has 1 atom stereocenters. The second-order valence-corrected chi connectivity index (χ2v) is 5.48. The molecule has 0 saturated heterocycles. The summed E-state index contributed by atoms with van der Waals surface area (Å²) in [6.45, 7) is 0. The molecule has 0 saturated carbocycles. The maximum Gasteiger partial charge on any atom is 0.339 e. The number of pyridine rings is 1. The molecule has 2 heterocycles. The molecule has 1 aromatic carbocycles. The molecule has 8 N–H and O–H groups in total. The van der Waals surface area contributed by atoms with E-state index in [2.05, 4.69) is 20.6 Å². The lowest BCUT2D eigenvalue weighted by molar-refractivity contribution is 0.0693. The van der Waals surface area contributed by atoms with Gasteiger partial charge in [-0.3, -0.25) is 5.32 Å². The van der Waals surface area contributed by atoms with Crippen LogP contribution >= 0.6 is 0 Å². The molecule has 11 heteroatoms. The Morgan fingerprint density at radius 1 is 1.33 bits per heavy atom. The van der Waals surface area contributed by atoms with Gasteiger partial charge in [0.2, 0.25) is 5.96 Å². The molecule has 1 aliphatic heterocycles. The van der Waals surface area contributed by atoms with Crippen molar-refractivity contribution in [1.82, 2.24) is 10.3 Å². The van der Waals surface area contributed by atoms with Gasteiger partial charge in [-0.05, 0) is 17.7 Å². The maximum atomic E-state index is 11.3. The number of nitrogens with one attached hydrogen (secondary N) is 2. The Morgan fingerprint density at radius 2 is 2.07 bits per heavy atom. The van der Waals surface area contributed by atoms with Gasteiger partial charge in [0.15, 0.2) is 6.19 Å². The monoisotopic (exact) mass is 364 g/mol. The number of nitriles is 2. The quantitative estimate of drug-likeness (QED) is 0.320. The first-order chi connectivity index (χ1) is 12.9. The molecule has 0 spiro atoms. The molecule has 3 rings (SSSR count). The number of carboxylic acids is 1. The number of nitrogen functional groups attached to an aromatic ring is 2. The number of anilines is 3. The van der Waals surface area contributed by atoms with Crippen molar-refractivity contribution >= 4 is 29.3 Å². The molecule has 134 valence electrons. The first-order valence-electron chi connectivity index (χ1n) is 7.42. The minimum atomic E-state index is -1.33. The molecule has 0 aliphatic carbocycles. The number of hydrogen-bond donors (Lipinski definition) is 6. The second-order valence-electron chi connectivity index (χ2n) is 5.48. The number of aromatic hydroxyl groups is 1. The van der Waals surface area contributed by atoms with Crippen LogP contribution in [-0.4, -0.2) is 27.1 Å². The number of phenols is 1. The number of aliphatic imine (C=N–C) groups is 1. The molecule has 0 amide bonds. The van der Waals surface area contributed by atoms with Crippen molar-refractivity contribution in [2.45, 2.75) is 6.04 Å². The van der Waals surface area contributed by atoms with Crippen molar-refractivity contribution in [1.29, 1.82) is 10.5 Å². The number of benzene rings is 1. The summed E-state index contributed by atoms with van der Waals surface area (Å²) in [5.74, 6) is -1.64. The van der Waals surface area contributed by atoms with Gasteiger partial charge in [0, 0.05) is 5.56 Å². The third-order valence-electron chi connectivity index (χ3n) is 3.92. The minimum absolute atomic E-state index is 0.0298. The van der Waals surface area contributed by atoms with Gasteiger partial charge < -0.3 is 27.0 Å². The van der Waals surface area contributed by atoms with Gasteiger partial charge in [-0.15, -0.1) is 0 Å². The number of nitrogens with zero attached hydrogens (tertiary/aromatic N) is 4. The zero-order valence-electron chi connectivity index (χ0n) is 13.6. The van der Waals surface area contributed by atoms with E-state index < -0.39 is 17.8 Å². The summed E-state index contributed by atoms with van der Waals surface area (Å²) in [5, 5.41) is 42.2. The Kier molecular flexibility index (Phi) is 4.12. The van der Waals surface area contributed by atoms with Crippen molar-refractivity contribution in [3.63, 3.8) is 0 Å². The van der Waals surface area contributed by atoms with Gasteiger partial charge in [0.1, 0.15) is 40.6 Å². The van der Waals surface area contributed by atoms with E-state index in [1.54, 1.807) is 6.19 Å². The minimum Gasteiger partial charge on any atom is -0.507 e. The molecule has 0 radical (unpaired) electrons. The molecule has 2 aromatic rings. The van der Waals surface area contributed by atoms with Gasteiger partial charge in [-0.1, -0.05) is 6.07 Å². The molecule has 1 unspecified atom stereocenters. The highest BCUT2D eigenvalue weighted by molar-refractivity contribution is 5.98. The van der Waals surface area contributed by atoms with E-state index in [9.17, 15) is 20.3 Å². The van der Waals surface area contributed by atoms with E-state index in [4.69, 9.17) is 16.7 Å². The lowest BCUT2D eigenvalue weighted by Gasteiger charge is -2.26. The van der Waals surface area contributed by atoms with Crippen molar-refractivity contribution in [2.75, 3.05) is 16.8 Å². The average Bonchev–Trinajstić information content (AvgIpc) is 2.61. The third-order valence-corrected chi connectivity index (χ3v) is 3.92. The summed E-state index contributed by atoms with van der Waals surface area (Å²) >= 11 is 0. The Bertz CT molecular complexity index is 1080. The number of aromatic nitrogens is 1. The normalized spacial score (nSPS) is 14.7. The number of rotatable bonds is 2. The summed E-state index contributed by atoms with van der Waals surface area (Å²) in [7, 11) is 0. The van der Waals surface area contributed by atoms with Crippen LogP contribution in [0.25, 0.3) is 0 Å². The van der Waals surface area contributed by atoms with Crippen LogP contribution in [-0.2, 0) is 0 Å². The fraction of sp³-hybridized carbons (Fsp3) is 0.0625. The van der Waals surface area contributed by atoms with Crippen LogP contribution in [0.2, 0.25) is 0 Å². The smallest absolute Gasteiger partial charge is 0.339 e. The van der Waals surface area contributed by atoms with Crippen LogP contribution in [0.15, 0.2) is 23.2 Å².